The summed E-state index contributed by atoms with van der Waals surface area (Å²) < 4.78 is 11.5. The molecule has 0 aromatic carbocycles. The van der Waals surface area contributed by atoms with Gasteiger partial charge in [-0.25, -0.2) is 0 Å². The Labute approximate surface area is 105 Å². The van der Waals surface area contributed by atoms with E-state index in [1.807, 2.05) is 48.5 Å². The monoisotopic (exact) mass is 265 g/mol. The van der Waals surface area contributed by atoms with E-state index in [4.69, 9.17) is 0 Å². The Morgan fingerprint density at radius 1 is 1.00 bits per heavy atom. The Balaban J connectivity index is 5.68. The standard InChI is InChI=1S/C12H28NO3P/c1-8-13-12(10(2,3)4,11(5,6)7)9-17(14,15)16/h13H,8-9H2,1-7H3,(H2,14,15,16). The molecular formula is C12H28NO3P. The Hall–Kier alpha value is 0.110. The van der Waals surface area contributed by atoms with Crippen LogP contribution < -0.4 is 5.32 Å². The minimum Gasteiger partial charge on any atom is -0.324 e. The summed E-state index contributed by atoms with van der Waals surface area (Å²) in [4.78, 5) is 18.8. The van der Waals surface area contributed by atoms with E-state index in [-0.39, 0.29) is 17.0 Å². The van der Waals surface area contributed by atoms with Gasteiger partial charge in [0.25, 0.3) is 0 Å². The lowest BCUT2D eigenvalue weighted by Crippen LogP contribution is -2.65. The minimum atomic E-state index is -4.07. The molecule has 5 heteroatoms. The fourth-order valence-electron chi connectivity index (χ4n) is 2.80. The quantitative estimate of drug-likeness (QED) is 0.683. The highest BCUT2D eigenvalue weighted by molar-refractivity contribution is 7.51. The molecule has 0 rings (SSSR count). The van der Waals surface area contributed by atoms with E-state index in [9.17, 15) is 14.4 Å². The predicted molar refractivity (Wildman–Crippen MR) is 72.2 cm³/mol. The van der Waals surface area contributed by atoms with Gasteiger partial charge in [0.1, 0.15) is 0 Å². The molecule has 104 valence electrons. The van der Waals surface area contributed by atoms with Crippen molar-refractivity contribution in [3.05, 3.63) is 0 Å². The van der Waals surface area contributed by atoms with E-state index in [0.717, 1.165) is 0 Å². The zero-order valence-electron chi connectivity index (χ0n) is 12.2. The van der Waals surface area contributed by atoms with E-state index in [1.165, 1.54) is 0 Å². The van der Waals surface area contributed by atoms with Gasteiger partial charge in [0.2, 0.25) is 0 Å². The van der Waals surface area contributed by atoms with Crippen LogP contribution in [-0.2, 0) is 4.57 Å². The molecule has 17 heavy (non-hydrogen) atoms. The third kappa shape index (κ3) is 4.06. The van der Waals surface area contributed by atoms with Crippen LogP contribution >= 0.6 is 7.60 Å². The van der Waals surface area contributed by atoms with Crippen LogP contribution in [0.1, 0.15) is 48.5 Å². The summed E-state index contributed by atoms with van der Waals surface area (Å²) in [6.45, 7) is 14.8. The van der Waals surface area contributed by atoms with Crippen LogP contribution in [0.25, 0.3) is 0 Å². The summed E-state index contributed by atoms with van der Waals surface area (Å²) in [5.74, 6) is 0. The van der Waals surface area contributed by atoms with Crippen molar-refractivity contribution in [3.63, 3.8) is 0 Å². The van der Waals surface area contributed by atoms with Crippen molar-refractivity contribution in [1.82, 2.24) is 5.32 Å². The molecule has 0 unspecified atom stereocenters. The third-order valence-corrected chi connectivity index (χ3v) is 4.37. The first-order valence-corrected chi connectivity index (χ1v) is 7.86. The lowest BCUT2D eigenvalue weighted by Gasteiger charge is -2.54. The first-order valence-electron chi connectivity index (χ1n) is 6.06. The van der Waals surface area contributed by atoms with Crippen LogP contribution in [0.3, 0.4) is 0 Å². The van der Waals surface area contributed by atoms with Crippen LogP contribution in [0.15, 0.2) is 0 Å². The van der Waals surface area contributed by atoms with Crippen LogP contribution in [0, 0.1) is 10.8 Å². The number of hydrogen-bond acceptors (Lipinski definition) is 2. The Bertz CT molecular complexity index is 282. The molecule has 0 heterocycles. The van der Waals surface area contributed by atoms with E-state index in [1.54, 1.807) is 0 Å². The van der Waals surface area contributed by atoms with Crippen LogP contribution in [0.5, 0.6) is 0 Å². The smallest absolute Gasteiger partial charge is 0.324 e. The molecule has 0 amide bonds. The summed E-state index contributed by atoms with van der Waals surface area (Å²) in [6.07, 6.45) is -0.138. The molecule has 0 aliphatic rings. The highest BCUT2D eigenvalue weighted by atomic mass is 31.2. The van der Waals surface area contributed by atoms with Crippen molar-refractivity contribution < 1.29 is 14.4 Å². The number of hydrogen-bond donors (Lipinski definition) is 3. The zero-order valence-corrected chi connectivity index (χ0v) is 13.1. The van der Waals surface area contributed by atoms with Gasteiger partial charge < -0.3 is 15.1 Å². The van der Waals surface area contributed by atoms with Crippen LogP contribution in [-0.4, -0.2) is 28.0 Å². The van der Waals surface area contributed by atoms with Crippen molar-refractivity contribution in [2.45, 2.75) is 54.0 Å². The average molecular weight is 265 g/mol. The van der Waals surface area contributed by atoms with Gasteiger partial charge in [-0.3, -0.25) is 4.57 Å². The average Bonchev–Trinajstić information content (AvgIpc) is 1.96. The lowest BCUT2D eigenvalue weighted by molar-refractivity contribution is 0.0387. The zero-order chi connectivity index (χ0) is 14.1. The third-order valence-electron chi connectivity index (χ3n) is 3.48. The summed E-state index contributed by atoms with van der Waals surface area (Å²) in [5, 5.41) is 3.34. The van der Waals surface area contributed by atoms with Gasteiger partial charge in [-0.1, -0.05) is 48.5 Å². The largest absolute Gasteiger partial charge is 0.327 e. The van der Waals surface area contributed by atoms with Crippen molar-refractivity contribution in [2.24, 2.45) is 10.8 Å². The van der Waals surface area contributed by atoms with Gasteiger partial charge in [-0.05, 0) is 17.4 Å². The summed E-state index contributed by atoms with van der Waals surface area (Å²) >= 11 is 0. The Morgan fingerprint density at radius 3 is 1.53 bits per heavy atom. The second-order valence-electron chi connectivity index (χ2n) is 6.76. The first kappa shape index (κ1) is 17.1. The Morgan fingerprint density at radius 2 is 1.35 bits per heavy atom. The number of nitrogens with one attached hydrogen (secondary N) is 1. The highest BCUT2D eigenvalue weighted by Gasteiger charge is 2.53. The highest BCUT2D eigenvalue weighted by Crippen LogP contribution is 2.52. The lowest BCUT2D eigenvalue weighted by atomic mass is 9.61. The maximum Gasteiger partial charge on any atom is 0.327 e. The topological polar surface area (TPSA) is 69.6 Å². The second-order valence-corrected chi connectivity index (χ2v) is 8.40. The van der Waals surface area contributed by atoms with E-state index >= 15 is 0 Å². The van der Waals surface area contributed by atoms with Crippen LogP contribution in [0.4, 0.5) is 0 Å². The summed E-state index contributed by atoms with van der Waals surface area (Å²) in [7, 11) is -4.07. The molecule has 0 atom stereocenters. The molecule has 3 N–H and O–H groups in total. The maximum absolute atomic E-state index is 11.5. The van der Waals surface area contributed by atoms with Gasteiger partial charge >= 0.3 is 7.60 Å². The van der Waals surface area contributed by atoms with E-state index in [0.29, 0.717) is 6.54 Å². The molecule has 0 saturated heterocycles. The van der Waals surface area contributed by atoms with Crippen molar-refractivity contribution in [2.75, 3.05) is 12.7 Å². The van der Waals surface area contributed by atoms with Gasteiger partial charge in [0.05, 0.1) is 6.16 Å². The molecule has 0 aliphatic heterocycles. The molecular weight excluding hydrogens is 237 g/mol. The van der Waals surface area contributed by atoms with Crippen LogP contribution in [0.2, 0.25) is 0 Å². The van der Waals surface area contributed by atoms with Crippen molar-refractivity contribution in [1.29, 1.82) is 0 Å². The fraction of sp³-hybridized carbons (Fsp3) is 1.00. The van der Waals surface area contributed by atoms with Crippen molar-refractivity contribution >= 4 is 7.60 Å². The Kier molecular flexibility index (Phi) is 5.04. The minimum absolute atomic E-state index is 0.138. The predicted octanol–water partition coefficient (Wildman–Crippen LogP) is 2.60. The fourth-order valence-corrected chi connectivity index (χ4v) is 4.47. The molecule has 0 fully saturated rings. The second kappa shape index (κ2) is 5.00. The normalized spacial score (nSPS) is 15.1. The summed E-state index contributed by atoms with van der Waals surface area (Å²) in [6, 6.07) is 0. The molecule has 0 aromatic heterocycles. The molecule has 4 nitrogen and oxygen atoms in total. The molecule has 0 aromatic rings. The van der Waals surface area contributed by atoms with Gasteiger partial charge in [-0.15, -0.1) is 0 Å². The number of rotatable bonds is 4. The van der Waals surface area contributed by atoms with Gasteiger partial charge in [-0.2, -0.15) is 0 Å². The summed E-state index contributed by atoms with van der Waals surface area (Å²) in [5.41, 5.74) is -1.10. The van der Waals surface area contributed by atoms with Gasteiger partial charge in [0, 0.05) is 5.54 Å². The van der Waals surface area contributed by atoms with Gasteiger partial charge in [0.15, 0.2) is 0 Å². The first-order chi connectivity index (χ1) is 7.27. The molecule has 0 bridgehead atoms. The van der Waals surface area contributed by atoms with Crippen molar-refractivity contribution in [3.8, 4) is 0 Å². The molecule has 0 aliphatic carbocycles. The molecule has 0 radical (unpaired) electrons. The molecule has 0 spiro atoms. The molecule has 0 saturated carbocycles. The van der Waals surface area contributed by atoms with E-state index < -0.39 is 13.1 Å². The van der Waals surface area contributed by atoms with E-state index in [2.05, 4.69) is 5.32 Å². The maximum atomic E-state index is 11.5. The SMILES string of the molecule is CCNC(CP(=O)(O)O)(C(C)(C)C)C(C)(C)C.